The fourth-order valence-electron chi connectivity index (χ4n) is 8.41. The molecule has 0 amide bonds. The largest absolute Gasteiger partial charge is 0.256 e. The van der Waals surface area contributed by atoms with E-state index in [1.165, 1.54) is 49.9 Å². The zero-order valence-corrected chi connectivity index (χ0v) is 32.5. The lowest BCUT2D eigenvalue weighted by atomic mass is 9.65. The normalized spacial score (nSPS) is 15.3. The maximum Gasteiger partial charge on any atom is 0.0737 e. The van der Waals surface area contributed by atoms with Gasteiger partial charge in [-0.05, 0) is 98.2 Å². The average molecular weight is 722 g/mol. The van der Waals surface area contributed by atoms with Gasteiger partial charge in [-0.3, -0.25) is 4.98 Å². The third-order valence-corrected chi connectivity index (χ3v) is 11.6. The van der Waals surface area contributed by atoms with Crippen molar-refractivity contribution in [2.24, 2.45) is 5.92 Å². The Morgan fingerprint density at radius 2 is 1.18 bits per heavy atom. The number of hydrogen-bond donors (Lipinski definition) is 0. The van der Waals surface area contributed by atoms with Crippen LogP contribution in [0, 0.1) is 19.8 Å². The molecule has 0 radical (unpaired) electrons. The van der Waals surface area contributed by atoms with Gasteiger partial charge in [0.2, 0.25) is 0 Å². The van der Waals surface area contributed by atoms with Gasteiger partial charge >= 0.3 is 0 Å². The van der Waals surface area contributed by atoms with Gasteiger partial charge in [0, 0.05) is 17.5 Å². The lowest BCUT2D eigenvalue weighted by molar-refractivity contribution is 0.641. The van der Waals surface area contributed by atoms with Crippen molar-refractivity contribution in [2.75, 3.05) is 0 Å². The highest BCUT2D eigenvalue weighted by Gasteiger charge is 2.38. The van der Waals surface area contributed by atoms with E-state index in [1.54, 1.807) is 0 Å². The Balaban J connectivity index is 1.12. The van der Waals surface area contributed by atoms with E-state index in [0.29, 0.717) is 11.8 Å². The van der Waals surface area contributed by atoms with Gasteiger partial charge in [-0.2, -0.15) is 0 Å². The van der Waals surface area contributed by atoms with Crippen LogP contribution in [0.15, 0.2) is 195 Å². The first-order chi connectivity index (χ1) is 27.3. The number of pyridine rings is 1. The van der Waals surface area contributed by atoms with Crippen molar-refractivity contribution in [2.45, 2.75) is 32.1 Å². The molecule has 1 aliphatic rings. The number of aromatic nitrogens is 1. The van der Waals surface area contributed by atoms with Crippen LogP contribution in [0.1, 0.15) is 74.0 Å². The van der Waals surface area contributed by atoms with Gasteiger partial charge in [0.1, 0.15) is 0 Å². The minimum atomic E-state index is -0.558. The van der Waals surface area contributed by atoms with Crippen LogP contribution in [-0.2, 0) is 5.41 Å². The summed E-state index contributed by atoms with van der Waals surface area (Å²) in [5, 5.41) is 1.17. The molecular formula is C55H47N. The second-order valence-electron chi connectivity index (χ2n) is 15.1. The van der Waals surface area contributed by atoms with Crippen LogP contribution in [0.3, 0.4) is 0 Å². The van der Waals surface area contributed by atoms with Crippen molar-refractivity contribution < 1.29 is 0 Å². The molecule has 1 aromatic heterocycles. The average Bonchev–Trinajstić information content (AvgIpc) is 3.24. The van der Waals surface area contributed by atoms with Crippen LogP contribution >= 0.6 is 0 Å². The Morgan fingerprint density at radius 1 is 0.625 bits per heavy atom. The predicted octanol–water partition coefficient (Wildman–Crippen LogP) is 14.0. The molecule has 7 aromatic rings. The van der Waals surface area contributed by atoms with Crippen molar-refractivity contribution >= 4 is 34.2 Å². The van der Waals surface area contributed by atoms with Crippen LogP contribution in [0.2, 0.25) is 0 Å². The molecule has 0 aliphatic heterocycles. The summed E-state index contributed by atoms with van der Waals surface area (Å²) in [6, 6.07) is 54.9. The number of hydrogen-bond acceptors (Lipinski definition) is 1. The molecule has 56 heavy (non-hydrogen) atoms. The second kappa shape index (κ2) is 15.7. The summed E-state index contributed by atoms with van der Waals surface area (Å²) < 4.78 is 0. The minimum Gasteiger partial charge on any atom is -0.256 e. The second-order valence-corrected chi connectivity index (χ2v) is 15.1. The maximum atomic E-state index is 4.72. The Kier molecular flexibility index (Phi) is 10.2. The van der Waals surface area contributed by atoms with Crippen LogP contribution < -0.4 is 0 Å². The van der Waals surface area contributed by atoms with E-state index in [2.05, 4.69) is 222 Å². The van der Waals surface area contributed by atoms with Gasteiger partial charge < -0.3 is 0 Å². The van der Waals surface area contributed by atoms with Crippen molar-refractivity contribution in [1.29, 1.82) is 0 Å². The van der Waals surface area contributed by atoms with E-state index in [9.17, 15) is 0 Å². The number of nitrogens with zero attached hydrogens (tertiary/aromatic N) is 1. The lowest BCUT2D eigenvalue weighted by Gasteiger charge is -2.37. The van der Waals surface area contributed by atoms with Crippen molar-refractivity contribution in [3.8, 4) is 0 Å². The topological polar surface area (TPSA) is 12.9 Å². The highest BCUT2D eigenvalue weighted by atomic mass is 14.7. The molecule has 1 nitrogen and oxygen atoms in total. The van der Waals surface area contributed by atoms with E-state index in [0.717, 1.165) is 33.4 Å². The molecule has 6 aromatic carbocycles. The van der Waals surface area contributed by atoms with Crippen molar-refractivity contribution in [1.82, 2.24) is 4.98 Å². The van der Waals surface area contributed by atoms with E-state index in [1.807, 2.05) is 6.20 Å². The number of allylic oxidation sites excluding steroid dienone is 6. The third kappa shape index (κ3) is 6.93. The molecule has 0 fully saturated rings. The fourth-order valence-corrected chi connectivity index (χ4v) is 8.41. The molecule has 0 spiro atoms. The SMILES string of the molecule is C=C(/C=C\c1ccc2cc(C)cnc2c1C)c1ccc(C(c2ccccc2)(c2ccccc2)c2ccc(C(=C)/C=C\C3C=Cc4ccccc4C3C)cc2)cc1. The molecule has 1 heteroatoms. The summed E-state index contributed by atoms with van der Waals surface area (Å²) in [4.78, 5) is 4.72. The van der Waals surface area contributed by atoms with Crippen molar-refractivity contribution in [3.05, 3.63) is 257 Å². The molecule has 0 saturated carbocycles. The Bertz CT molecular complexity index is 2580. The van der Waals surface area contributed by atoms with E-state index in [-0.39, 0.29) is 0 Å². The van der Waals surface area contributed by atoms with Gasteiger partial charge in [0.15, 0.2) is 0 Å². The van der Waals surface area contributed by atoms with Crippen LogP contribution in [-0.4, -0.2) is 4.98 Å². The van der Waals surface area contributed by atoms with Gasteiger partial charge in [0.25, 0.3) is 0 Å². The molecule has 2 atom stereocenters. The predicted molar refractivity (Wildman–Crippen MR) is 240 cm³/mol. The molecule has 2 unspecified atom stereocenters. The molecule has 1 aliphatic carbocycles. The zero-order chi connectivity index (χ0) is 38.6. The van der Waals surface area contributed by atoms with Gasteiger partial charge in [-0.25, -0.2) is 0 Å². The standard InChI is InChI=1S/C55H47N/c1-38-36-48-27-25-46(42(5)54(48)56-37-38)23-21-40(3)44-30-34-52(35-31-44)55(49-15-8-6-9-16-49,50-17-10-7-11-18-50)51-32-28-43(29-33-51)39(2)20-22-45-24-26-47-14-12-13-19-53(47)41(45)4/h6-37,41,45H,2-3H2,1,4-5H3/b22-20-,23-21-. The monoisotopic (exact) mass is 721 g/mol. The Hall–Kier alpha value is -6.57. The minimum absolute atomic E-state index is 0.323. The van der Waals surface area contributed by atoms with Gasteiger partial charge in [-0.1, -0.05) is 202 Å². The lowest BCUT2D eigenvalue weighted by Crippen LogP contribution is -2.31. The molecule has 0 N–H and O–H groups in total. The first-order valence-electron chi connectivity index (χ1n) is 19.5. The fraction of sp³-hybridized carbons (Fsp3) is 0.109. The first kappa shape index (κ1) is 36.4. The van der Waals surface area contributed by atoms with E-state index < -0.39 is 5.41 Å². The van der Waals surface area contributed by atoms with Crippen LogP contribution in [0.5, 0.6) is 0 Å². The zero-order valence-electron chi connectivity index (χ0n) is 32.5. The summed E-state index contributed by atoms with van der Waals surface area (Å²) in [5.41, 5.74) is 15.6. The van der Waals surface area contributed by atoms with E-state index >= 15 is 0 Å². The molecule has 0 saturated heterocycles. The number of rotatable bonds is 10. The highest BCUT2D eigenvalue weighted by Crippen LogP contribution is 2.46. The molecule has 8 rings (SSSR count). The quantitative estimate of drug-likeness (QED) is 0.101. The number of benzene rings is 6. The summed E-state index contributed by atoms with van der Waals surface area (Å²) in [5.74, 6) is 0.735. The Labute approximate surface area is 332 Å². The van der Waals surface area contributed by atoms with Crippen LogP contribution in [0.25, 0.3) is 34.2 Å². The maximum absolute atomic E-state index is 4.72. The third-order valence-electron chi connectivity index (χ3n) is 11.6. The molecular weight excluding hydrogens is 675 g/mol. The first-order valence-corrected chi connectivity index (χ1v) is 19.5. The summed E-state index contributed by atoms with van der Waals surface area (Å²) in [7, 11) is 0. The van der Waals surface area contributed by atoms with Gasteiger partial charge in [0.05, 0.1) is 10.9 Å². The number of fused-ring (bicyclic) bond motifs is 2. The van der Waals surface area contributed by atoms with Crippen LogP contribution in [0.4, 0.5) is 0 Å². The molecule has 272 valence electrons. The summed E-state index contributed by atoms with van der Waals surface area (Å²) in [6.45, 7) is 15.5. The smallest absolute Gasteiger partial charge is 0.0737 e. The molecule has 1 heterocycles. The molecule has 0 bridgehead atoms. The highest BCUT2D eigenvalue weighted by molar-refractivity contribution is 5.87. The Morgan fingerprint density at radius 3 is 1.80 bits per heavy atom. The summed E-state index contributed by atoms with van der Waals surface area (Å²) >= 11 is 0. The van der Waals surface area contributed by atoms with Gasteiger partial charge in [-0.15, -0.1) is 0 Å². The van der Waals surface area contributed by atoms with Crippen molar-refractivity contribution in [3.63, 3.8) is 0 Å². The van der Waals surface area contributed by atoms with E-state index in [4.69, 9.17) is 4.98 Å². The summed E-state index contributed by atoms with van der Waals surface area (Å²) in [6.07, 6.45) is 15.3. The number of aryl methyl sites for hydroxylation is 2.